The number of aromatic carboxylic acids is 1. The second-order valence-electron chi connectivity index (χ2n) is 5.64. The smallest absolute Gasteiger partial charge is 0.339 e. The van der Waals surface area contributed by atoms with Crippen LogP contribution in [0.3, 0.4) is 0 Å². The maximum Gasteiger partial charge on any atom is 0.339 e. The standard InChI is InChI=1S/C15H24N2O2/c1-9(2)7-11(4)17(6)13-8-10(3)16-12(5)14(13)15(18)19/h8-9,11H,7H2,1-6H3,(H,18,19). The van der Waals surface area contributed by atoms with E-state index < -0.39 is 5.97 Å². The Bertz CT molecular complexity index is 469. The minimum absolute atomic E-state index is 0.291. The molecule has 1 atom stereocenters. The highest BCUT2D eigenvalue weighted by molar-refractivity contribution is 5.95. The first kappa shape index (κ1) is 15.5. The highest BCUT2D eigenvalue weighted by Gasteiger charge is 2.21. The normalized spacial score (nSPS) is 12.6. The number of nitrogens with zero attached hydrogens (tertiary/aromatic N) is 2. The van der Waals surface area contributed by atoms with Crippen LogP contribution in [0.1, 0.15) is 48.9 Å². The van der Waals surface area contributed by atoms with Crippen molar-refractivity contribution in [3.05, 3.63) is 23.0 Å². The summed E-state index contributed by atoms with van der Waals surface area (Å²) in [6.07, 6.45) is 1.02. The summed E-state index contributed by atoms with van der Waals surface area (Å²) in [5.41, 5.74) is 2.49. The lowest BCUT2D eigenvalue weighted by molar-refractivity contribution is 0.0696. The van der Waals surface area contributed by atoms with Crippen molar-refractivity contribution >= 4 is 11.7 Å². The van der Waals surface area contributed by atoms with Crippen LogP contribution in [0, 0.1) is 19.8 Å². The summed E-state index contributed by atoms with van der Waals surface area (Å²) in [5, 5.41) is 9.38. The molecule has 0 aliphatic heterocycles. The molecule has 0 amide bonds. The van der Waals surface area contributed by atoms with Crippen molar-refractivity contribution in [2.45, 2.75) is 47.1 Å². The summed E-state index contributed by atoms with van der Waals surface area (Å²) in [4.78, 5) is 17.7. The summed E-state index contributed by atoms with van der Waals surface area (Å²) >= 11 is 0. The van der Waals surface area contributed by atoms with Crippen molar-refractivity contribution in [1.82, 2.24) is 4.98 Å². The van der Waals surface area contributed by atoms with Crippen molar-refractivity contribution in [3.8, 4) is 0 Å². The first-order valence-corrected chi connectivity index (χ1v) is 6.68. The topological polar surface area (TPSA) is 53.4 Å². The molecule has 1 aromatic rings. The summed E-state index contributed by atoms with van der Waals surface area (Å²) in [5.74, 6) is -0.335. The van der Waals surface area contributed by atoms with Gasteiger partial charge in [-0.3, -0.25) is 4.98 Å². The van der Waals surface area contributed by atoms with Crippen LogP contribution >= 0.6 is 0 Å². The number of rotatable bonds is 5. The van der Waals surface area contributed by atoms with Crippen LogP contribution in [0.25, 0.3) is 0 Å². The van der Waals surface area contributed by atoms with E-state index in [2.05, 4.69) is 25.8 Å². The van der Waals surface area contributed by atoms with E-state index in [0.29, 0.717) is 23.2 Å². The Morgan fingerprint density at radius 1 is 1.37 bits per heavy atom. The van der Waals surface area contributed by atoms with Gasteiger partial charge in [0.1, 0.15) is 5.56 Å². The molecule has 0 aliphatic carbocycles. The fourth-order valence-electron chi connectivity index (χ4n) is 2.43. The van der Waals surface area contributed by atoms with Crippen LogP contribution in [-0.2, 0) is 0 Å². The predicted octanol–water partition coefficient (Wildman–Crippen LogP) is 3.27. The molecule has 0 spiro atoms. The van der Waals surface area contributed by atoms with Gasteiger partial charge in [0, 0.05) is 18.8 Å². The number of hydrogen-bond acceptors (Lipinski definition) is 3. The molecule has 4 heteroatoms. The summed E-state index contributed by atoms with van der Waals surface area (Å²) < 4.78 is 0. The van der Waals surface area contributed by atoms with Crippen molar-refractivity contribution in [1.29, 1.82) is 0 Å². The van der Waals surface area contributed by atoms with Crippen LogP contribution in [-0.4, -0.2) is 29.1 Å². The maximum absolute atomic E-state index is 11.4. The third-order valence-corrected chi connectivity index (χ3v) is 3.38. The van der Waals surface area contributed by atoms with Crippen molar-refractivity contribution in [2.24, 2.45) is 5.92 Å². The van der Waals surface area contributed by atoms with Gasteiger partial charge in [0.05, 0.1) is 11.4 Å². The minimum Gasteiger partial charge on any atom is -0.478 e. The molecule has 1 aromatic heterocycles. The average Bonchev–Trinajstić information content (AvgIpc) is 2.25. The number of pyridine rings is 1. The molecular weight excluding hydrogens is 240 g/mol. The van der Waals surface area contributed by atoms with Gasteiger partial charge in [-0.05, 0) is 39.2 Å². The van der Waals surface area contributed by atoms with E-state index in [4.69, 9.17) is 0 Å². The Morgan fingerprint density at radius 3 is 2.42 bits per heavy atom. The molecule has 1 heterocycles. The first-order valence-electron chi connectivity index (χ1n) is 6.68. The second kappa shape index (κ2) is 6.04. The molecule has 0 fully saturated rings. The SMILES string of the molecule is Cc1cc(N(C)C(C)CC(C)C)c(C(=O)O)c(C)n1. The quantitative estimate of drug-likeness (QED) is 0.886. The highest BCUT2D eigenvalue weighted by atomic mass is 16.4. The number of carboxylic acid groups (broad SMARTS) is 1. The minimum atomic E-state index is -0.913. The zero-order chi connectivity index (χ0) is 14.7. The third kappa shape index (κ3) is 3.69. The first-order chi connectivity index (χ1) is 8.73. The van der Waals surface area contributed by atoms with E-state index in [0.717, 1.165) is 17.8 Å². The fourth-order valence-corrected chi connectivity index (χ4v) is 2.43. The lowest BCUT2D eigenvalue weighted by Crippen LogP contribution is -2.32. The molecule has 0 saturated carbocycles. The lowest BCUT2D eigenvalue weighted by atomic mass is 10.0. The number of carboxylic acids is 1. The fraction of sp³-hybridized carbons (Fsp3) is 0.600. The van der Waals surface area contributed by atoms with E-state index in [1.165, 1.54) is 0 Å². The van der Waals surface area contributed by atoms with Gasteiger partial charge in [0.15, 0.2) is 0 Å². The Balaban J connectivity index is 3.21. The molecule has 0 aromatic carbocycles. The average molecular weight is 264 g/mol. The van der Waals surface area contributed by atoms with Crippen LogP contribution in [0.4, 0.5) is 5.69 Å². The molecule has 1 unspecified atom stereocenters. The van der Waals surface area contributed by atoms with E-state index >= 15 is 0 Å². The van der Waals surface area contributed by atoms with Gasteiger partial charge in [-0.25, -0.2) is 4.79 Å². The molecular formula is C15H24N2O2. The Morgan fingerprint density at radius 2 is 1.95 bits per heavy atom. The largest absolute Gasteiger partial charge is 0.478 e. The second-order valence-corrected chi connectivity index (χ2v) is 5.64. The molecule has 1 rings (SSSR count). The Kier molecular flexibility index (Phi) is 4.92. The molecule has 0 bridgehead atoms. The number of anilines is 1. The molecule has 4 nitrogen and oxygen atoms in total. The van der Waals surface area contributed by atoms with Crippen LogP contribution in [0.2, 0.25) is 0 Å². The van der Waals surface area contributed by atoms with Gasteiger partial charge in [-0.15, -0.1) is 0 Å². The number of hydrogen-bond donors (Lipinski definition) is 1. The molecule has 0 radical (unpaired) electrons. The van der Waals surface area contributed by atoms with Crippen molar-refractivity contribution in [2.75, 3.05) is 11.9 Å². The van der Waals surface area contributed by atoms with Crippen LogP contribution in [0.15, 0.2) is 6.07 Å². The van der Waals surface area contributed by atoms with Gasteiger partial charge in [0.25, 0.3) is 0 Å². The Labute approximate surface area is 115 Å². The molecule has 106 valence electrons. The van der Waals surface area contributed by atoms with Gasteiger partial charge >= 0.3 is 5.97 Å². The number of aryl methyl sites for hydroxylation is 2. The number of carbonyl (C=O) groups is 1. The Hall–Kier alpha value is -1.58. The third-order valence-electron chi connectivity index (χ3n) is 3.38. The molecule has 19 heavy (non-hydrogen) atoms. The highest BCUT2D eigenvalue weighted by Crippen LogP contribution is 2.26. The summed E-state index contributed by atoms with van der Waals surface area (Å²) in [7, 11) is 1.95. The van der Waals surface area contributed by atoms with E-state index in [9.17, 15) is 9.90 Å². The van der Waals surface area contributed by atoms with Gasteiger partial charge < -0.3 is 10.0 Å². The lowest BCUT2D eigenvalue weighted by Gasteiger charge is -2.30. The van der Waals surface area contributed by atoms with Gasteiger partial charge in [-0.1, -0.05) is 13.8 Å². The molecule has 0 saturated heterocycles. The zero-order valence-corrected chi connectivity index (χ0v) is 12.7. The molecule has 0 aliphatic rings. The van der Waals surface area contributed by atoms with Crippen molar-refractivity contribution < 1.29 is 9.90 Å². The van der Waals surface area contributed by atoms with Crippen LogP contribution in [0.5, 0.6) is 0 Å². The monoisotopic (exact) mass is 264 g/mol. The summed E-state index contributed by atoms with van der Waals surface area (Å²) in [6, 6.07) is 2.15. The van der Waals surface area contributed by atoms with E-state index in [1.54, 1.807) is 6.92 Å². The van der Waals surface area contributed by atoms with E-state index in [-0.39, 0.29) is 0 Å². The van der Waals surface area contributed by atoms with Crippen molar-refractivity contribution in [3.63, 3.8) is 0 Å². The van der Waals surface area contributed by atoms with Crippen LogP contribution < -0.4 is 4.90 Å². The maximum atomic E-state index is 11.4. The summed E-state index contributed by atoms with van der Waals surface area (Å²) in [6.45, 7) is 10.1. The zero-order valence-electron chi connectivity index (χ0n) is 12.7. The van der Waals surface area contributed by atoms with E-state index in [1.807, 2.05) is 24.9 Å². The predicted molar refractivity (Wildman–Crippen MR) is 78.0 cm³/mol. The van der Waals surface area contributed by atoms with Gasteiger partial charge in [0.2, 0.25) is 0 Å². The number of aromatic nitrogens is 1. The molecule has 1 N–H and O–H groups in total. The van der Waals surface area contributed by atoms with Gasteiger partial charge in [-0.2, -0.15) is 0 Å².